The third kappa shape index (κ3) is 2.00. The van der Waals surface area contributed by atoms with Crippen LogP contribution < -0.4 is 0 Å². The van der Waals surface area contributed by atoms with E-state index in [1.807, 2.05) is 18.4 Å². The number of aryl methyl sites for hydroxylation is 1. The standard InChI is InChI=1S/C10H7BrO2S2/c1-5-4-7(10(12)13)15-8(5)9-6(11)2-3-14-9/h2-4H,1H3,(H,12,13). The summed E-state index contributed by atoms with van der Waals surface area (Å²) >= 11 is 6.39. The molecule has 78 valence electrons. The average molecular weight is 303 g/mol. The Bertz CT molecular complexity index is 513. The van der Waals surface area contributed by atoms with Crippen molar-refractivity contribution in [3.05, 3.63) is 32.4 Å². The normalized spacial score (nSPS) is 10.5. The van der Waals surface area contributed by atoms with Gasteiger partial charge in [-0.25, -0.2) is 4.79 Å². The molecular weight excluding hydrogens is 296 g/mol. The first-order chi connectivity index (χ1) is 7.09. The Morgan fingerprint density at radius 1 is 1.47 bits per heavy atom. The van der Waals surface area contributed by atoms with E-state index in [0.29, 0.717) is 4.88 Å². The maximum atomic E-state index is 10.8. The lowest BCUT2D eigenvalue weighted by molar-refractivity contribution is 0.0702. The maximum Gasteiger partial charge on any atom is 0.345 e. The van der Waals surface area contributed by atoms with Gasteiger partial charge in [0.1, 0.15) is 4.88 Å². The largest absolute Gasteiger partial charge is 0.477 e. The number of carbonyl (C=O) groups is 1. The molecule has 0 saturated heterocycles. The van der Waals surface area contributed by atoms with Crippen LogP contribution in [0.25, 0.3) is 9.75 Å². The molecule has 0 aliphatic heterocycles. The minimum atomic E-state index is -0.859. The van der Waals surface area contributed by atoms with E-state index < -0.39 is 5.97 Å². The second kappa shape index (κ2) is 4.08. The lowest BCUT2D eigenvalue weighted by Crippen LogP contribution is -1.89. The fourth-order valence-electron chi connectivity index (χ4n) is 1.27. The van der Waals surface area contributed by atoms with Gasteiger partial charge in [0.15, 0.2) is 0 Å². The summed E-state index contributed by atoms with van der Waals surface area (Å²) in [7, 11) is 0. The van der Waals surface area contributed by atoms with E-state index in [1.165, 1.54) is 11.3 Å². The van der Waals surface area contributed by atoms with Gasteiger partial charge in [0.05, 0.1) is 4.88 Å². The lowest BCUT2D eigenvalue weighted by Gasteiger charge is -1.95. The Morgan fingerprint density at radius 2 is 2.20 bits per heavy atom. The average Bonchev–Trinajstić information content (AvgIpc) is 2.71. The molecule has 0 atom stereocenters. The van der Waals surface area contributed by atoms with Crippen LogP contribution >= 0.6 is 38.6 Å². The summed E-state index contributed by atoms with van der Waals surface area (Å²) in [6, 6.07) is 3.69. The zero-order valence-corrected chi connectivity index (χ0v) is 11.0. The molecule has 2 aromatic rings. The highest BCUT2D eigenvalue weighted by Crippen LogP contribution is 2.40. The molecule has 2 nitrogen and oxygen atoms in total. The number of thiophene rings is 2. The second-order valence-corrected chi connectivity index (χ2v) is 5.85. The molecule has 0 amide bonds. The van der Waals surface area contributed by atoms with Crippen LogP contribution in [0.2, 0.25) is 0 Å². The van der Waals surface area contributed by atoms with E-state index in [2.05, 4.69) is 15.9 Å². The summed E-state index contributed by atoms with van der Waals surface area (Å²) in [6.45, 7) is 1.93. The topological polar surface area (TPSA) is 37.3 Å². The fraction of sp³-hybridized carbons (Fsp3) is 0.100. The minimum Gasteiger partial charge on any atom is -0.477 e. The number of carboxylic acid groups (broad SMARTS) is 1. The van der Waals surface area contributed by atoms with Gasteiger partial charge in [-0.05, 0) is 45.9 Å². The molecular formula is C10H7BrO2S2. The molecule has 0 radical (unpaired) electrons. The summed E-state index contributed by atoms with van der Waals surface area (Å²) in [6.07, 6.45) is 0. The maximum absolute atomic E-state index is 10.8. The van der Waals surface area contributed by atoms with Crippen molar-refractivity contribution in [3.63, 3.8) is 0 Å². The molecule has 5 heteroatoms. The number of hydrogen-bond acceptors (Lipinski definition) is 3. The fourth-order valence-corrected chi connectivity index (χ4v) is 4.21. The zero-order chi connectivity index (χ0) is 11.0. The Kier molecular flexibility index (Phi) is 2.95. The van der Waals surface area contributed by atoms with Gasteiger partial charge in [0.25, 0.3) is 0 Å². The minimum absolute atomic E-state index is 0.391. The van der Waals surface area contributed by atoms with Crippen LogP contribution in [0.15, 0.2) is 22.0 Å². The molecule has 1 N–H and O–H groups in total. The Morgan fingerprint density at radius 3 is 2.67 bits per heavy atom. The number of carboxylic acids is 1. The third-order valence-corrected chi connectivity index (χ3v) is 5.18. The van der Waals surface area contributed by atoms with Crippen molar-refractivity contribution in [2.24, 2.45) is 0 Å². The van der Waals surface area contributed by atoms with Crippen molar-refractivity contribution in [1.82, 2.24) is 0 Å². The van der Waals surface area contributed by atoms with Crippen molar-refractivity contribution >= 4 is 44.6 Å². The van der Waals surface area contributed by atoms with Crippen LogP contribution in [0, 0.1) is 6.92 Å². The second-order valence-electron chi connectivity index (χ2n) is 3.03. The smallest absolute Gasteiger partial charge is 0.345 e. The van der Waals surface area contributed by atoms with Crippen LogP contribution in [0.1, 0.15) is 15.2 Å². The van der Waals surface area contributed by atoms with E-state index in [-0.39, 0.29) is 0 Å². The van der Waals surface area contributed by atoms with Crippen molar-refractivity contribution in [3.8, 4) is 9.75 Å². The third-order valence-electron chi connectivity index (χ3n) is 1.95. The molecule has 0 fully saturated rings. The molecule has 0 aliphatic carbocycles. The van der Waals surface area contributed by atoms with Gasteiger partial charge in [-0.15, -0.1) is 22.7 Å². The van der Waals surface area contributed by atoms with Crippen molar-refractivity contribution in [2.45, 2.75) is 6.92 Å². The van der Waals surface area contributed by atoms with Gasteiger partial charge in [-0.2, -0.15) is 0 Å². The molecule has 2 rings (SSSR count). The van der Waals surface area contributed by atoms with Crippen LogP contribution in [-0.2, 0) is 0 Å². The predicted octanol–water partition coefficient (Wildman–Crippen LogP) is 4.25. The first kappa shape index (κ1) is 10.9. The van der Waals surface area contributed by atoms with Gasteiger partial charge in [-0.1, -0.05) is 0 Å². The Balaban J connectivity index is 2.54. The number of rotatable bonds is 2. The van der Waals surface area contributed by atoms with Crippen LogP contribution in [-0.4, -0.2) is 11.1 Å². The SMILES string of the molecule is Cc1cc(C(=O)O)sc1-c1sccc1Br. The highest BCUT2D eigenvalue weighted by molar-refractivity contribution is 9.10. The van der Waals surface area contributed by atoms with E-state index >= 15 is 0 Å². The van der Waals surface area contributed by atoms with E-state index in [4.69, 9.17) is 5.11 Å². The molecule has 2 heterocycles. The van der Waals surface area contributed by atoms with Crippen molar-refractivity contribution in [2.75, 3.05) is 0 Å². The Labute approximate surface area is 103 Å². The van der Waals surface area contributed by atoms with E-state index in [0.717, 1.165) is 19.8 Å². The van der Waals surface area contributed by atoms with E-state index in [1.54, 1.807) is 17.4 Å². The van der Waals surface area contributed by atoms with Crippen molar-refractivity contribution < 1.29 is 9.90 Å². The van der Waals surface area contributed by atoms with Gasteiger partial charge in [0.2, 0.25) is 0 Å². The zero-order valence-electron chi connectivity index (χ0n) is 7.78. The highest BCUT2D eigenvalue weighted by atomic mass is 79.9. The molecule has 0 bridgehead atoms. The molecule has 2 aromatic heterocycles. The van der Waals surface area contributed by atoms with Gasteiger partial charge >= 0.3 is 5.97 Å². The summed E-state index contributed by atoms with van der Waals surface area (Å²) in [5.41, 5.74) is 1.01. The number of halogens is 1. The lowest BCUT2D eigenvalue weighted by atomic mass is 10.2. The Hall–Kier alpha value is -0.650. The van der Waals surface area contributed by atoms with Gasteiger partial charge in [0, 0.05) is 9.35 Å². The van der Waals surface area contributed by atoms with Crippen LogP contribution in [0.4, 0.5) is 0 Å². The van der Waals surface area contributed by atoms with Gasteiger partial charge < -0.3 is 5.11 Å². The summed E-state index contributed by atoms with van der Waals surface area (Å²) < 4.78 is 1.02. The molecule has 0 aromatic carbocycles. The summed E-state index contributed by atoms with van der Waals surface area (Å²) in [4.78, 5) is 13.4. The first-order valence-electron chi connectivity index (χ1n) is 4.16. The number of hydrogen-bond donors (Lipinski definition) is 1. The van der Waals surface area contributed by atoms with Crippen LogP contribution in [0.5, 0.6) is 0 Å². The molecule has 0 unspecified atom stereocenters. The summed E-state index contributed by atoms with van der Waals surface area (Å²) in [5.74, 6) is -0.859. The summed E-state index contributed by atoms with van der Waals surface area (Å²) in [5, 5.41) is 10.9. The quantitative estimate of drug-likeness (QED) is 0.900. The van der Waals surface area contributed by atoms with Gasteiger partial charge in [-0.3, -0.25) is 0 Å². The van der Waals surface area contributed by atoms with E-state index in [9.17, 15) is 4.79 Å². The molecule has 0 spiro atoms. The highest BCUT2D eigenvalue weighted by Gasteiger charge is 2.15. The monoisotopic (exact) mass is 302 g/mol. The molecule has 0 aliphatic rings. The predicted molar refractivity (Wildman–Crippen MR) is 67.0 cm³/mol. The molecule has 15 heavy (non-hydrogen) atoms. The first-order valence-corrected chi connectivity index (χ1v) is 6.65. The van der Waals surface area contributed by atoms with Crippen molar-refractivity contribution in [1.29, 1.82) is 0 Å². The molecule has 0 saturated carbocycles. The van der Waals surface area contributed by atoms with Crippen LogP contribution in [0.3, 0.4) is 0 Å². The number of aromatic carboxylic acids is 1.